The molecule has 2 heteroatoms. The third-order valence-electron chi connectivity index (χ3n) is 2.18. The van der Waals surface area contributed by atoms with E-state index in [1.165, 1.54) is 12.2 Å². The van der Waals surface area contributed by atoms with Crippen molar-refractivity contribution in [3.63, 3.8) is 0 Å². The van der Waals surface area contributed by atoms with Gasteiger partial charge in [-0.05, 0) is 18.6 Å². The van der Waals surface area contributed by atoms with Crippen LogP contribution in [0, 0.1) is 5.92 Å². The molecule has 0 aromatic rings. The lowest BCUT2D eigenvalue weighted by molar-refractivity contribution is -0.123. The molecule has 0 fully saturated rings. The van der Waals surface area contributed by atoms with Crippen LogP contribution in [-0.2, 0) is 9.59 Å². The molecule has 0 bridgehead atoms. The van der Waals surface area contributed by atoms with Crippen molar-refractivity contribution in [2.75, 3.05) is 0 Å². The SMILES string of the molecule is C=CC(=O)CC(CCCC)C(=O)C=C. The van der Waals surface area contributed by atoms with E-state index in [9.17, 15) is 9.59 Å². The molecule has 0 aromatic heterocycles. The predicted octanol–water partition coefficient (Wildman–Crippen LogP) is 2.69. The summed E-state index contributed by atoms with van der Waals surface area (Å²) in [5.74, 6) is -0.298. The zero-order valence-corrected chi connectivity index (χ0v) is 8.79. The minimum Gasteiger partial charge on any atom is -0.295 e. The zero-order chi connectivity index (χ0) is 11.0. The third kappa shape index (κ3) is 4.75. The van der Waals surface area contributed by atoms with E-state index in [0.29, 0.717) is 0 Å². The molecule has 0 aliphatic heterocycles. The highest BCUT2D eigenvalue weighted by atomic mass is 16.1. The Bertz CT molecular complexity index is 228. The van der Waals surface area contributed by atoms with E-state index in [1.807, 2.05) is 0 Å². The van der Waals surface area contributed by atoms with Gasteiger partial charge in [0.15, 0.2) is 11.6 Å². The van der Waals surface area contributed by atoms with E-state index >= 15 is 0 Å². The smallest absolute Gasteiger partial charge is 0.158 e. The lowest BCUT2D eigenvalue weighted by atomic mass is 9.92. The molecule has 0 rings (SSSR count). The molecule has 0 spiro atoms. The molecule has 0 saturated carbocycles. The Morgan fingerprint density at radius 2 is 1.93 bits per heavy atom. The molecule has 78 valence electrons. The second-order valence-corrected chi connectivity index (χ2v) is 3.32. The van der Waals surface area contributed by atoms with Crippen molar-refractivity contribution in [2.45, 2.75) is 32.6 Å². The van der Waals surface area contributed by atoms with Crippen LogP contribution in [0.4, 0.5) is 0 Å². The van der Waals surface area contributed by atoms with E-state index in [1.54, 1.807) is 0 Å². The first-order chi connectivity index (χ1) is 6.65. The van der Waals surface area contributed by atoms with Crippen LogP contribution in [-0.4, -0.2) is 11.6 Å². The number of ketones is 2. The largest absolute Gasteiger partial charge is 0.295 e. The average molecular weight is 194 g/mol. The molecule has 0 aromatic carbocycles. The molecule has 14 heavy (non-hydrogen) atoms. The van der Waals surface area contributed by atoms with Crippen molar-refractivity contribution >= 4 is 11.6 Å². The van der Waals surface area contributed by atoms with Gasteiger partial charge in [-0.25, -0.2) is 0 Å². The number of rotatable bonds is 8. The van der Waals surface area contributed by atoms with Crippen LogP contribution < -0.4 is 0 Å². The van der Waals surface area contributed by atoms with Crippen LogP contribution in [0.1, 0.15) is 32.6 Å². The second-order valence-electron chi connectivity index (χ2n) is 3.32. The average Bonchev–Trinajstić information content (AvgIpc) is 2.22. The predicted molar refractivity (Wildman–Crippen MR) is 58.0 cm³/mol. The maximum Gasteiger partial charge on any atom is 0.158 e. The standard InChI is InChI=1S/C12H18O2/c1-4-7-8-10(12(14)6-3)9-11(13)5-2/h5-6,10H,2-4,7-9H2,1H3. The molecular weight excluding hydrogens is 176 g/mol. The maximum absolute atomic E-state index is 11.4. The molecule has 0 N–H and O–H groups in total. The van der Waals surface area contributed by atoms with Crippen molar-refractivity contribution in [1.82, 2.24) is 0 Å². The lowest BCUT2D eigenvalue weighted by Gasteiger charge is -2.10. The summed E-state index contributed by atoms with van der Waals surface area (Å²) in [6.07, 6.45) is 5.61. The normalized spacial score (nSPS) is 11.8. The van der Waals surface area contributed by atoms with Crippen LogP contribution >= 0.6 is 0 Å². The Labute approximate surface area is 85.7 Å². The first-order valence-electron chi connectivity index (χ1n) is 4.97. The fourth-order valence-electron chi connectivity index (χ4n) is 1.29. The van der Waals surface area contributed by atoms with Crippen LogP contribution in [0.15, 0.2) is 25.3 Å². The van der Waals surface area contributed by atoms with Gasteiger partial charge in [0, 0.05) is 12.3 Å². The summed E-state index contributed by atoms with van der Waals surface area (Å²) in [6.45, 7) is 8.89. The molecule has 1 unspecified atom stereocenters. The number of unbranched alkanes of at least 4 members (excludes halogenated alkanes) is 1. The van der Waals surface area contributed by atoms with E-state index in [2.05, 4.69) is 20.1 Å². The third-order valence-corrected chi connectivity index (χ3v) is 2.18. The second kappa shape index (κ2) is 7.25. The van der Waals surface area contributed by atoms with Crippen LogP contribution in [0.2, 0.25) is 0 Å². The summed E-state index contributed by atoms with van der Waals surface area (Å²) in [5, 5.41) is 0. The Morgan fingerprint density at radius 3 is 2.36 bits per heavy atom. The molecule has 0 saturated heterocycles. The Kier molecular flexibility index (Phi) is 6.63. The van der Waals surface area contributed by atoms with Gasteiger partial charge in [-0.2, -0.15) is 0 Å². The van der Waals surface area contributed by atoms with E-state index < -0.39 is 0 Å². The summed E-state index contributed by atoms with van der Waals surface area (Å²) < 4.78 is 0. The number of hydrogen-bond acceptors (Lipinski definition) is 2. The van der Waals surface area contributed by atoms with Gasteiger partial charge in [0.25, 0.3) is 0 Å². The molecule has 0 radical (unpaired) electrons. The quantitative estimate of drug-likeness (QED) is 0.557. The summed E-state index contributed by atoms with van der Waals surface area (Å²) in [7, 11) is 0. The van der Waals surface area contributed by atoms with Crippen LogP contribution in [0.25, 0.3) is 0 Å². The van der Waals surface area contributed by atoms with Gasteiger partial charge in [0.1, 0.15) is 0 Å². The van der Waals surface area contributed by atoms with Gasteiger partial charge < -0.3 is 0 Å². The topological polar surface area (TPSA) is 34.1 Å². The molecule has 0 aliphatic rings. The Morgan fingerprint density at radius 1 is 1.29 bits per heavy atom. The van der Waals surface area contributed by atoms with Crippen molar-refractivity contribution in [2.24, 2.45) is 5.92 Å². The highest BCUT2D eigenvalue weighted by molar-refractivity contribution is 5.97. The highest BCUT2D eigenvalue weighted by Gasteiger charge is 2.17. The highest BCUT2D eigenvalue weighted by Crippen LogP contribution is 2.15. The van der Waals surface area contributed by atoms with Crippen molar-refractivity contribution < 1.29 is 9.59 Å². The molecular formula is C12H18O2. The number of carbonyl (C=O) groups excluding carboxylic acids is 2. The minimum absolute atomic E-state index is 0.0337. The van der Waals surface area contributed by atoms with Gasteiger partial charge >= 0.3 is 0 Å². The summed E-state index contributed by atoms with van der Waals surface area (Å²) in [6, 6.07) is 0. The van der Waals surface area contributed by atoms with E-state index in [0.717, 1.165) is 19.3 Å². The first kappa shape index (κ1) is 12.8. The molecule has 2 nitrogen and oxygen atoms in total. The van der Waals surface area contributed by atoms with Crippen molar-refractivity contribution in [3.8, 4) is 0 Å². The monoisotopic (exact) mass is 194 g/mol. The molecule has 0 amide bonds. The number of carbonyl (C=O) groups is 2. The van der Waals surface area contributed by atoms with Gasteiger partial charge in [-0.15, -0.1) is 0 Å². The maximum atomic E-state index is 11.4. The molecule has 0 aliphatic carbocycles. The summed E-state index contributed by atoms with van der Waals surface area (Å²) >= 11 is 0. The van der Waals surface area contributed by atoms with Crippen molar-refractivity contribution in [3.05, 3.63) is 25.3 Å². The Hall–Kier alpha value is -1.18. The lowest BCUT2D eigenvalue weighted by Crippen LogP contribution is -2.15. The zero-order valence-electron chi connectivity index (χ0n) is 8.79. The van der Waals surface area contributed by atoms with Gasteiger partial charge in [0.2, 0.25) is 0 Å². The number of hydrogen-bond donors (Lipinski definition) is 0. The van der Waals surface area contributed by atoms with Crippen molar-refractivity contribution in [1.29, 1.82) is 0 Å². The van der Waals surface area contributed by atoms with Gasteiger partial charge in [-0.3, -0.25) is 9.59 Å². The van der Waals surface area contributed by atoms with Gasteiger partial charge in [-0.1, -0.05) is 32.9 Å². The molecule has 1 atom stereocenters. The summed E-state index contributed by atoms with van der Waals surface area (Å²) in [5.41, 5.74) is 0. The van der Waals surface area contributed by atoms with Crippen LogP contribution in [0.3, 0.4) is 0 Å². The van der Waals surface area contributed by atoms with Crippen LogP contribution in [0.5, 0.6) is 0 Å². The fraction of sp³-hybridized carbons (Fsp3) is 0.500. The minimum atomic E-state index is -0.196. The van der Waals surface area contributed by atoms with Gasteiger partial charge in [0.05, 0.1) is 0 Å². The molecule has 0 heterocycles. The number of allylic oxidation sites excluding steroid dienone is 2. The van der Waals surface area contributed by atoms with E-state index in [-0.39, 0.29) is 23.9 Å². The Balaban J connectivity index is 4.23. The summed E-state index contributed by atoms with van der Waals surface area (Å²) in [4.78, 5) is 22.5. The fourth-order valence-corrected chi connectivity index (χ4v) is 1.29. The first-order valence-corrected chi connectivity index (χ1v) is 4.97. The van der Waals surface area contributed by atoms with E-state index in [4.69, 9.17) is 0 Å².